The van der Waals surface area contributed by atoms with E-state index in [0.29, 0.717) is 12.8 Å². The van der Waals surface area contributed by atoms with Crippen LogP contribution in [0.1, 0.15) is 30.2 Å². The zero-order chi connectivity index (χ0) is 21.0. The third-order valence-electron chi connectivity index (χ3n) is 5.59. The van der Waals surface area contributed by atoms with E-state index in [1.165, 1.54) is 11.1 Å². The summed E-state index contributed by atoms with van der Waals surface area (Å²) in [6.45, 7) is 3.83. The van der Waals surface area contributed by atoms with E-state index in [-0.39, 0.29) is 0 Å². The highest BCUT2D eigenvalue weighted by Crippen LogP contribution is 2.32. The minimum Gasteiger partial charge on any atom is -0.390 e. The average molecular weight is 398 g/mol. The number of rotatable bonds is 7. The average Bonchev–Trinajstić information content (AvgIpc) is 3.13. The maximum absolute atomic E-state index is 11.1. The highest BCUT2D eigenvalue weighted by Gasteiger charge is 2.26. The first-order valence-corrected chi connectivity index (χ1v) is 10.4. The lowest BCUT2D eigenvalue weighted by Crippen LogP contribution is -2.28. The van der Waals surface area contributed by atoms with Crippen molar-refractivity contribution in [3.05, 3.63) is 102 Å². The summed E-state index contributed by atoms with van der Waals surface area (Å²) in [5.41, 5.74) is 5.51. The van der Waals surface area contributed by atoms with Crippen molar-refractivity contribution in [2.75, 3.05) is 0 Å². The van der Waals surface area contributed by atoms with Crippen LogP contribution < -0.4 is 0 Å². The van der Waals surface area contributed by atoms with Crippen LogP contribution in [0.5, 0.6) is 0 Å². The number of nitrogens with zero attached hydrogens (tertiary/aromatic N) is 1. The summed E-state index contributed by atoms with van der Waals surface area (Å²) < 4.78 is 5.67. The summed E-state index contributed by atoms with van der Waals surface area (Å²) in [6.07, 6.45) is 2.01. The fourth-order valence-electron chi connectivity index (χ4n) is 3.80. The van der Waals surface area contributed by atoms with Crippen LogP contribution in [0.4, 0.5) is 0 Å². The molecule has 152 valence electrons. The van der Waals surface area contributed by atoms with Crippen molar-refractivity contribution >= 4 is 0 Å². The van der Waals surface area contributed by atoms with Crippen LogP contribution in [0.15, 0.2) is 89.5 Å². The molecule has 0 fully saturated rings. The Bertz CT molecular complexity index is 1080. The molecular weight excluding hydrogens is 370 g/mol. The standard InChI is InChI=1S/C27H27NO2/c1-20-25(19-27(2,29)18-17-21-9-5-3-6-10-21)26(30-28-20)24-15-13-23(14-16-24)22-11-7-4-8-12-22/h3-16,29H,17-19H2,1-2H3. The highest BCUT2D eigenvalue weighted by molar-refractivity contribution is 5.69. The van der Waals surface area contributed by atoms with Gasteiger partial charge in [-0.15, -0.1) is 0 Å². The third-order valence-corrected chi connectivity index (χ3v) is 5.59. The molecule has 0 saturated carbocycles. The van der Waals surface area contributed by atoms with Gasteiger partial charge in [-0.1, -0.05) is 90.1 Å². The van der Waals surface area contributed by atoms with Gasteiger partial charge in [0.2, 0.25) is 0 Å². The molecule has 0 radical (unpaired) electrons. The lowest BCUT2D eigenvalue weighted by Gasteiger charge is -2.23. The van der Waals surface area contributed by atoms with Gasteiger partial charge in [0.1, 0.15) is 0 Å². The maximum atomic E-state index is 11.1. The van der Waals surface area contributed by atoms with Crippen LogP contribution in [-0.4, -0.2) is 15.9 Å². The summed E-state index contributed by atoms with van der Waals surface area (Å²) in [5.74, 6) is 0.743. The molecule has 1 heterocycles. The molecule has 0 aliphatic rings. The molecule has 1 atom stereocenters. The minimum absolute atomic E-state index is 0.505. The molecule has 0 amide bonds. The molecule has 4 rings (SSSR count). The summed E-state index contributed by atoms with van der Waals surface area (Å²) in [6, 6.07) is 28.9. The Morgan fingerprint density at radius 2 is 1.37 bits per heavy atom. The van der Waals surface area contributed by atoms with Gasteiger partial charge in [-0.3, -0.25) is 0 Å². The second kappa shape index (κ2) is 8.68. The summed E-state index contributed by atoms with van der Waals surface area (Å²) in [4.78, 5) is 0. The Morgan fingerprint density at radius 3 is 2.03 bits per heavy atom. The molecule has 1 N–H and O–H groups in total. The Hall–Kier alpha value is -3.17. The van der Waals surface area contributed by atoms with E-state index >= 15 is 0 Å². The van der Waals surface area contributed by atoms with Crippen LogP contribution >= 0.6 is 0 Å². The first-order chi connectivity index (χ1) is 14.5. The second-order valence-corrected chi connectivity index (χ2v) is 8.18. The van der Waals surface area contributed by atoms with Gasteiger partial charge in [-0.2, -0.15) is 0 Å². The van der Waals surface area contributed by atoms with Crippen molar-refractivity contribution in [1.29, 1.82) is 0 Å². The van der Waals surface area contributed by atoms with Crippen LogP contribution in [0.2, 0.25) is 0 Å². The Kier molecular flexibility index (Phi) is 5.82. The van der Waals surface area contributed by atoms with Crippen LogP contribution in [0.25, 0.3) is 22.5 Å². The third kappa shape index (κ3) is 4.69. The monoisotopic (exact) mass is 397 g/mol. The van der Waals surface area contributed by atoms with Crippen molar-refractivity contribution < 1.29 is 9.63 Å². The zero-order valence-electron chi connectivity index (χ0n) is 17.5. The van der Waals surface area contributed by atoms with E-state index in [9.17, 15) is 5.11 Å². The predicted molar refractivity (Wildman–Crippen MR) is 121 cm³/mol. The molecule has 0 aliphatic heterocycles. The number of aryl methyl sites for hydroxylation is 2. The Morgan fingerprint density at radius 1 is 0.800 bits per heavy atom. The smallest absolute Gasteiger partial charge is 0.170 e. The van der Waals surface area contributed by atoms with E-state index in [2.05, 4.69) is 53.7 Å². The molecule has 0 saturated heterocycles. The zero-order valence-corrected chi connectivity index (χ0v) is 17.5. The fraction of sp³-hybridized carbons (Fsp3) is 0.222. The quantitative estimate of drug-likeness (QED) is 0.401. The van der Waals surface area contributed by atoms with Crippen LogP contribution in [0, 0.1) is 6.92 Å². The van der Waals surface area contributed by atoms with Crippen molar-refractivity contribution in [2.24, 2.45) is 0 Å². The molecule has 3 heteroatoms. The van der Waals surface area contributed by atoms with Gasteiger partial charge in [0, 0.05) is 17.5 Å². The normalized spacial score (nSPS) is 13.2. The lowest BCUT2D eigenvalue weighted by atomic mass is 9.88. The van der Waals surface area contributed by atoms with E-state index in [0.717, 1.165) is 34.6 Å². The van der Waals surface area contributed by atoms with E-state index in [1.54, 1.807) is 0 Å². The van der Waals surface area contributed by atoms with Crippen molar-refractivity contribution in [1.82, 2.24) is 5.16 Å². The van der Waals surface area contributed by atoms with E-state index in [1.807, 2.05) is 50.2 Å². The fourth-order valence-corrected chi connectivity index (χ4v) is 3.80. The predicted octanol–water partition coefficient (Wildman–Crippen LogP) is 6.24. The second-order valence-electron chi connectivity index (χ2n) is 8.18. The van der Waals surface area contributed by atoms with Gasteiger partial charge in [0.05, 0.1) is 11.3 Å². The van der Waals surface area contributed by atoms with Crippen molar-refractivity contribution in [3.63, 3.8) is 0 Å². The summed E-state index contributed by atoms with van der Waals surface area (Å²) in [7, 11) is 0. The highest BCUT2D eigenvalue weighted by atomic mass is 16.5. The SMILES string of the molecule is Cc1noc(-c2ccc(-c3ccccc3)cc2)c1CC(C)(O)CCc1ccccc1. The molecular formula is C27H27NO2. The van der Waals surface area contributed by atoms with Crippen LogP contribution in [-0.2, 0) is 12.8 Å². The number of hydrogen-bond donors (Lipinski definition) is 1. The molecule has 3 nitrogen and oxygen atoms in total. The van der Waals surface area contributed by atoms with Gasteiger partial charge < -0.3 is 9.63 Å². The molecule has 1 unspecified atom stereocenters. The molecule has 3 aromatic carbocycles. The molecule has 0 aliphatic carbocycles. The first-order valence-electron chi connectivity index (χ1n) is 10.4. The van der Waals surface area contributed by atoms with Gasteiger partial charge in [-0.05, 0) is 43.4 Å². The number of aromatic nitrogens is 1. The Labute approximate surface area is 178 Å². The van der Waals surface area contributed by atoms with Crippen molar-refractivity contribution in [3.8, 4) is 22.5 Å². The summed E-state index contributed by atoms with van der Waals surface area (Å²) >= 11 is 0. The molecule has 0 bridgehead atoms. The van der Waals surface area contributed by atoms with Crippen molar-refractivity contribution in [2.45, 2.75) is 38.7 Å². The van der Waals surface area contributed by atoms with Crippen LogP contribution in [0.3, 0.4) is 0 Å². The van der Waals surface area contributed by atoms with Gasteiger partial charge in [0.25, 0.3) is 0 Å². The number of aliphatic hydroxyl groups is 1. The van der Waals surface area contributed by atoms with Gasteiger partial charge >= 0.3 is 0 Å². The number of hydrogen-bond acceptors (Lipinski definition) is 3. The van der Waals surface area contributed by atoms with Gasteiger partial charge in [-0.25, -0.2) is 0 Å². The molecule has 4 aromatic rings. The molecule has 1 aromatic heterocycles. The first kappa shape index (κ1) is 20.1. The maximum Gasteiger partial charge on any atom is 0.170 e. The summed E-state index contributed by atoms with van der Waals surface area (Å²) in [5, 5.41) is 15.3. The minimum atomic E-state index is -0.842. The Balaban J connectivity index is 1.52. The topological polar surface area (TPSA) is 46.3 Å². The molecule has 30 heavy (non-hydrogen) atoms. The van der Waals surface area contributed by atoms with Gasteiger partial charge in [0.15, 0.2) is 5.76 Å². The van der Waals surface area contributed by atoms with E-state index in [4.69, 9.17) is 4.52 Å². The van der Waals surface area contributed by atoms with E-state index < -0.39 is 5.60 Å². The number of benzene rings is 3. The molecule has 0 spiro atoms. The lowest BCUT2D eigenvalue weighted by molar-refractivity contribution is 0.0514. The largest absolute Gasteiger partial charge is 0.390 e.